The minimum Gasteiger partial charge on any atom is -0.348 e. The summed E-state index contributed by atoms with van der Waals surface area (Å²) in [5.41, 5.74) is 3.88. The van der Waals surface area contributed by atoms with Gasteiger partial charge in [0, 0.05) is 28.9 Å². The van der Waals surface area contributed by atoms with Crippen LogP contribution in [0.3, 0.4) is 0 Å². The zero-order chi connectivity index (χ0) is 25.9. The van der Waals surface area contributed by atoms with Gasteiger partial charge in [-0.05, 0) is 23.8 Å². The van der Waals surface area contributed by atoms with Crippen molar-refractivity contribution < 1.29 is 18.8 Å². The number of carbonyl (C=O) groups is 3. The van der Waals surface area contributed by atoms with E-state index in [-0.39, 0.29) is 25.5 Å². The standard InChI is InChI=1S/C27H23FN6O3/c1-33-23-13-20(21(28)12-18(23)14-31-33)19-8-5-9-22-26(19)27(17-6-3-2-4-7-17)32-34(22)16-25(37)30-15-24(36)29-10-11-35/h2-9,11-14H,10,15-16H2,1H3,(H,29,36)(H,30,37). The van der Waals surface area contributed by atoms with Crippen LogP contribution in [0, 0.1) is 5.82 Å². The van der Waals surface area contributed by atoms with Gasteiger partial charge in [0.2, 0.25) is 11.8 Å². The Morgan fingerprint density at radius 3 is 2.57 bits per heavy atom. The number of nitrogens with one attached hydrogen (secondary N) is 2. The highest BCUT2D eigenvalue weighted by Crippen LogP contribution is 2.38. The van der Waals surface area contributed by atoms with Crippen molar-refractivity contribution >= 4 is 39.9 Å². The first-order chi connectivity index (χ1) is 18.0. The van der Waals surface area contributed by atoms with Gasteiger partial charge in [-0.1, -0.05) is 42.5 Å². The topological polar surface area (TPSA) is 111 Å². The molecule has 0 fully saturated rings. The molecule has 9 nitrogen and oxygen atoms in total. The molecule has 37 heavy (non-hydrogen) atoms. The van der Waals surface area contributed by atoms with Crippen LogP contribution in [0.25, 0.3) is 44.2 Å². The Bertz CT molecular complexity index is 1640. The van der Waals surface area contributed by atoms with Crippen molar-refractivity contribution in [3.63, 3.8) is 0 Å². The molecular weight excluding hydrogens is 475 g/mol. The van der Waals surface area contributed by atoms with Gasteiger partial charge in [0.05, 0.1) is 30.3 Å². The third kappa shape index (κ3) is 4.68. The number of hydrogen-bond acceptors (Lipinski definition) is 5. The average Bonchev–Trinajstić information content (AvgIpc) is 3.46. The molecule has 0 aliphatic heterocycles. The maximum Gasteiger partial charge on any atom is 0.242 e. The lowest BCUT2D eigenvalue weighted by atomic mass is 9.96. The van der Waals surface area contributed by atoms with Crippen LogP contribution < -0.4 is 10.6 Å². The Kier molecular flexibility index (Phi) is 6.46. The molecular formula is C27H23FN6O3. The summed E-state index contributed by atoms with van der Waals surface area (Å²) in [6, 6.07) is 18.1. The Morgan fingerprint density at radius 1 is 0.973 bits per heavy atom. The molecule has 0 aliphatic rings. The number of rotatable bonds is 8. The van der Waals surface area contributed by atoms with Crippen molar-refractivity contribution in [1.82, 2.24) is 30.2 Å². The van der Waals surface area contributed by atoms with Gasteiger partial charge in [-0.25, -0.2) is 4.39 Å². The van der Waals surface area contributed by atoms with Gasteiger partial charge in [0.1, 0.15) is 24.3 Å². The second-order valence-electron chi connectivity index (χ2n) is 8.48. The summed E-state index contributed by atoms with van der Waals surface area (Å²) in [6.07, 6.45) is 2.18. The third-order valence-electron chi connectivity index (χ3n) is 6.07. The van der Waals surface area contributed by atoms with E-state index in [0.717, 1.165) is 11.1 Å². The molecule has 2 amide bonds. The van der Waals surface area contributed by atoms with Gasteiger partial charge >= 0.3 is 0 Å². The molecule has 3 aromatic carbocycles. The molecule has 0 spiro atoms. The van der Waals surface area contributed by atoms with E-state index in [0.29, 0.717) is 39.4 Å². The highest BCUT2D eigenvalue weighted by atomic mass is 19.1. The molecule has 0 aliphatic carbocycles. The van der Waals surface area contributed by atoms with Crippen LogP contribution in [0.2, 0.25) is 0 Å². The maximum absolute atomic E-state index is 15.4. The Labute approximate surface area is 210 Å². The number of benzene rings is 3. The van der Waals surface area contributed by atoms with Gasteiger partial charge in [-0.15, -0.1) is 0 Å². The van der Waals surface area contributed by atoms with Gasteiger partial charge in [-0.2, -0.15) is 10.2 Å². The number of amides is 2. The smallest absolute Gasteiger partial charge is 0.242 e. The molecule has 0 atom stereocenters. The summed E-state index contributed by atoms with van der Waals surface area (Å²) in [4.78, 5) is 34.8. The normalized spacial score (nSPS) is 11.1. The molecule has 2 N–H and O–H groups in total. The predicted molar refractivity (Wildman–Crippen MR) is 137 cm³/mol. The largest absolute Gasteiger partial charge is 0.348 e. The molecule has 0 saturated heterocycles. The van der Waals surface area contributed by atoms with Crippen LogP contribution in [-0.2, 0) is 28.0 Å². The second-order valence-corrected chi connectivity index (χ2v) is 8.48. The summed E-state index contributed by atoms with van der Waals surface area (Å²) in [6.45, 7) is -0.543. The average molecular weight is 499 g/mol. The molecule has 0 radical (unpaired) electrons. The molecule has 2 heterocycles. The van der Waals surface area contributed by atoms with Crippen molar-refractivity contribution in [3.8, 4) is 22.4 Å². The van der Waals surface area contributed by atoms with Crippen LogP contribution >= 0.6 is 0 Å². The van der Waals surface area contributed by atoms with E-state index in [9.17, 15) is 14.4 Å². The van der Waals surface area contributed by atoms with E-state index in [1.807, 2.05) is 42.5 Å². The molecule has 2 aromatic heterocycles. The fourth-order valence-corrected chi connectivity index (χ4v) is 4.34. The zero-order valence-corrected chi connectivity index (χ0v) is 19.9. The van der Waals surface area contributed by atoms with Gasteiger partial charge in [0.15, 0.2) is 0 Å². The number of aromatic nitrogens is 4. The minimum atomic E-state index is -0.473. The predicted octanol–water partition coefficient (Wildman–Crippen LogP) is 2.83. The van der Waals surface area contributed by atoms with E-state index in [4.69, 9.17) is 5.10 Å². The van der Waals surface area contributed by atoms with Crippen molar-refractivity contribution in [2.45, 2.75) is 6.54 Å². The molecule has 5 aromatic rings. The number of halogens is 1. The summed E-state index contributed by atoms with van der Waals surface area (Å²) >= 11 is 0. The second kappa shape index (κ2) is 10.0. The van der Waals surface area contributed by atoms with Crippen LogP contribution in [0.5, 0.6) is 0 Å². The molecule has 0 saturated carbocycles. The quantitative estimate of drug-likeness (QED) is 0.320. The van der Waals surface area contributed by atoms with Gasteiger partial charge < -0.3 is 15.4 Å². The van der Waals surface area contributed by atoms with Gasteiger partial charge in [0.25, 0.3) is 0 Å². The lowest BCUT2D eigenvalue weighted by Crippen LogP contribution is -2.38. The highest BCUT2D eigenvalue weighted by Gasteiger charge is 2.20. The van der Waals surface area contributed by atoms with E-state index < -0.39 is 11.8 Å². The van der Waals surface area contributed by atoms with E-state index >= 15 is 4.39 Å². The maximum atomic E-state index is 15.4. The summed E-state index contributed by atoms with van der Waals surface area (Å²) in [5, 5.41) is 15.3. The van der Waals surface area contributed by atoms with Gasteiger partial charge in [-0.3, -0.25) is 19.0 Å². The molecule has 10 heteroatoms. The summed E-state index contributed by atoms with van der Waals surface area (Å²) in [7, 11) is 1.80. The number of aldehydes is 1. The Balaban J connectivity index is 1.59. The SMILES string of the molecule is Cn1ncc2cc(F)c(-c3cccc4c3c(-c3ccccc3)nn4CC(=O)NCC(=O)NCC=O)cc21. The third-order valence-corrected chi connectivity index (χ3v) is 6.07. The lowest BCUT2D eigenvalue weighted by Gasteiger charge is -2.09. The minimum absolute atomic E-state index is 0.122. The highest BCUT2D eigenvalue weighted by molar-refractivity contribution is 6.05. The number of carbonyl (C=O) groups excluding carboxylic acids is 3. The zero-order valence-electron chi connectivity index (χ0n) is 19.9. The van der Waals surface area contributed by atoms with Crippen LogP contribution in [-0.4, -0.2) is 50.8 Å². The fourth-order valence-electron chi connectivity index (χ4n) is 4.34. The molecule has 0 unspecified atom stereocenters. The van der Waals surface area contributed by atoms with Crippen LogP contribution in [0.15, 0.2) is 66.9 Å². The van der Waals surface area contributed by atoms with E-state index in [1.54, 1.807) is 34.7 Å². The van der Waals surface area contributed by atoms with Crippen molar-refractivity contribution in [2.24, 2.45) is 7.05 Å². The van der Waals surface area contributed by atoms with E-state index in [1.165, 1.54) is 6.07 Å². The number of aryl methyl sites for hydroxylation is 1. The lowest BCUT2D eigenvalue weighted by molar-refractivity contribution is -0.126. The van der Waals surface area contributed by atoms with Crippen LogP contribution in [0.4, 0.5) is 4.39 Å². The number of hydrogen-bond donors (Lipinski definition) is 2. The number of fused-ring (bicyclic) bond motifs is 2. The summed E-state index contributed by atoms with van der Waals surface area (Å²) in [5.74, 6) is -1.30. The fraction of sp³-hybridized carbons (Fsp3) is 0.148. The first-order valence-corrected chi connectivity index (χ1v) is 11.6. The Morgan fingerprint density at radius 2 is 1.78 bits per heavy atom. The first kappa shape index (κ1) is 23.9. The molecule has 5 rings (SSSR count). The van der Waals surface area contributed by atoms with E-state index in [2.05, 4.69) is 15.7 Å². The van der Waals surface area contributed by atoms with Crippen molar-refractivity contribution in [3.05, 3.63) is 72.7 Å². The number of nitrogens with zero attached hydrogens (tertiary/aromatic N) is 4. The van der Waals surface area contributed by atoms with Crippen LogP contribution in [0.1, 0.15) is 0 Å². The Hall–Kier alpha value is -4.86. The first-order valence-electron chi connectivity index (χ1n) is 11.6. The molecule has 0 bridgehead atoms. The summed E-state index contributed by atoms with van der Waals surface area (Å²) < 4.78 is 18.6. The monoisotopic (exact) mass is 498 g/mol. The van der Waals surface area contributed by atoms with Crippen molar-refractivity contribution in [1.29, 1.82) is 0 Å². The van der Waals surface area contributed by atoms with Crippen molar-refractivity contribution in [2.75, 3.05) is 13.1 Å². The molecule has 186 valence electrons.